The van der Waals surface area contributed by atoms with Gasteiger partial charge in [-0.3, -0.25) is 0 Å². The van der Waals surface area contributed by atoms with Crippen LogP contribution < -0.4 is 10.6 Å². The summed E-state index contributed by atoms with van der Waals surface area (Å²) in [6.07, 6.45) is 6.63. The van der Waals surface area contributed by atoms with Crippen LogP contribution in [0.1, 0.15) is 36.8 Å². The Morgan fingerprint density at radius 2 is 1.90 bits per heavy atom. The van der Waals surface area contributed by atoms with Gasteiger partial charge in [0.05, 0.1) is 6.20 Å². The van der Waals surface area contributed by atoms with Crippen LogP contribution >= 0.6 is 0 Å². The van der Waals surface area contributed by atoms with Crippen molar-refractivity contribution in [2.45, 2.75) is 45.2 Å². The molecule has 1 aromatic heterocycles. The molecule has 2 N–H and O–H groups in total. The third kappa shape index (κ3) is 3.90. The number of aromatic nitrogens is 3. The molecule has 0 spiro atoms. The molecule has 1 heterocycles. The number of hydrogen-bond donors (Lipinski definition) is 2. The van der Waals surface area contributed by atoms with Gasteiger partial charge in [-0.2, -0.15) is 10.1 Å². The van der Waals surface area contributed by atoms with Crippen LogP contribution in [-0.4, -0.2) is 21.2 Å². The maximum Gasteiger partial charge on any atom is 0.244 e. The monoisotopic (exact) mass is 283 g/mol. The van der Waals surface area contributed by atoms with Gasteiger partial charge in [-0.1, -0.05) is 42.7 Å². The molecule has 1 fully saturated rings. The van der Waals surface area contributed by atoms with E-state index in [9.17, 15) is 0 Å². The van der Waals surface area contributed by atoms with Crippen molar-refractivity contribution in [1.82, 2.24) is 15.2 Å². The molecular weight excluding hydrogens is 262 g/mol. The minimum Gasteiger partial charge on any atom is -0.365 e. The number of nitrogens with zero attached hydrogens (tertiary/aromatic N) is 3. The van der Waals surface area contributed by atoms with Crippen LogP contribution in [0.4, 0.5) is 11.8 Å². The number of benzene rings is 1. The Morgan fingerprint density at radius 3 is 2.67 bits per heavy atom. The topological polar surface area (TPSA) is 62.7 Å². The summed E-state index contributed by atoms with van der Waals surface area (Å²) in [7, 11) is 0. The molecule has 0 atom stereocenters. The standard InChI is InChI=1S/C16H21N5/c1-12-6-8-13(9-7-12)10-17-15-11-18-21-16(20-15)19-14-4-2-3-5-14/h6-9,11,14H,2-5,10H2,1H3,(H2,17,19,20,21). The molecule has 1 saturated carbocycles. The van der Waals surface area contributed by atoms with Crippen molar-refractivity contribution < 1.29 is 0 Å². The minimum atomic E-state index is 0.499. The van der Waals surface area contributed by atoms with Gasteiger partial charge in [0.2, 0.25) is 5.95 Å². The molecule has 5 nitrogen and oxygen atoms in total. The fraction of sp³-hybridized carbons (Fsp3) is 0.438. The fourth-order valence-corrected chi connectivity index (χ4v) is 2.60. The van der Waals surface area contributed by atoms with Crippen molar-refractivity contribution in [3.8, 4) is 0 Å². The Bertz CT molecular complexity index is 575. The Hall–Kier alpha value is -2.17. The Morgan fingerprint density at radius 1 is 1.14 bits per heavy atom. The third-order valence-corrected chi connectivity index (χ3v) is 3.84. The zero-order chi connectivity index (χ0) is 14.5. The quantitative estimate of drug-likeness (QED) is 0.882. The first-order valence-electron chi connectivity index (χ1n) is 7.55. The summed E-state index contributed by atoms with van der Waals surface area (Å²) in [5.41, 5.74) is 2.50. The van der Waals surface area contributed by atoms with Crippen LogP contribution in [0.3, 0.4) is 0 Å². The minimum absolute atomic E-state index is 0.499. The van der Waals surface area contributed by atoms with Crippen LogP contribution in [0.2, 0.25) is 0 Å². The molecule has 21 heavy (non-hydrogen) atoms. The molecule has 0 aliphatic heterocycles. The molecule has 0 saturated heterocycles. The van der Waals surface area contributed by atoms with Crippen LogP contribution in [0.5, 0.6) is 0 Å². The Kier molecular flexibility index (Phi) is 4.28. The zero-order valence-corrected chi connectivity index (χ0v) is 12.3. The highest BCUT2D eigenvalue weighted by atomic mass is 15.3. The molecule has 0 amide bonds. The van der Waals surface area contributed by atoms with Gasteiger partial charge in [-0.05, 0) is 25.3 Å². The van der Waals surface area contributed by atoms with Gasteiger partial charge in [0.1, 0.15) is 0 Å². The van der Waals surface area contributed by atoms with Gasteiger partial charge in [-0.15, -0.1) is 5.10 Å². The number of hydrogen-bond acceptors (Lipinski definition) is 5. The SMILES string of the molecule is Cc1ccc(CNc2cnnc(NC3CCCC3)n2)cc1. The summed E-state index contributed by atoms with van der Waals surface area (Å²) in [6, 6.07) is 8.97. The van der Waals surface area contributed by atoms with E-state index in [1.165, 1.54) is 36.8 Å². The predicted octanol–water partition coefficient (Wildman–Crippen LogP) is 3.15. The second kappa shape index (κ2) is 6.52. The van der Waals surface area contributed by atoms with E-state index < -0.39 is 0 Å². The maximum atomic E-state index is 4.47. The molecule has 1 aliphatic carbocycles. The van der Waals surface area contributed by atoms with E-state index in [0.29, 0.717) is 12.0 Å². The maximum absolute atomic E-state index is 4.47. The predicted molar refractivity (Wildman–Crippen MR) is 84.2 cm³/mol. The largest absolute Gasteiger partial charge is 0.365 e. The lowest BCUT2D eigenvalue weighted by atomic mass is 10.1. The molecule has 5 heteroatoms. The normalized spacial score (nSPS) is 15.1. The number of aryl methyl sites for hydroxylation is 1. The van der Waals surface area contributed by atoms with Gasteiger partial charge in [-0.25, -0.2) is 0 Å². The Labute approximate surface area is 125 Å². The van der Waals surface area contributed by atoms with E-state index in [0.717, 1.165) is 12.4 Å². The molecule has 2 aromatic rings. The molecule has 0 bridgehead atoms. The van der Waals surface area contributed by atoms with Gasteiger partial charge in [0.15, 0.2) is 5.82 Å². The lowest BCUT2D eigenvalue weighted by molar-refractivity contribution is 0.737. The summed E-state index contributed by atoms with van der Waals surface area (Å²) in [6.45, 7) is 2.83. The molecule has 110 valence electrons. The number of rotatable bonds is 5. The second-order valence-electron chi connectivity index (χ2n) is 5.63. The van der Waals surface area contributed by atoms with Gasteiger partial charge >= 0.3 is 0 Å². The van der Waals surface area contributed by atoms with E-state index in [4.69, 9.17) is 0 Å². The number of anilines is 2. The van der Waals surface area contributed by atoms with Gasteiger partial charge in [0.25, 0.3) is 0 Å². The summed E-state index contributed by atoms with van der Waals surface area (Å²) in [5.74, 6) is 1.38. The van der Waals surface area contributed by atoms with Crippen molar-refractivity contribution >= 4 is 11.8 Å². The van der Waals surface area contributed by atoms with E-state index in [1.807, 2.05) is 0 Å². The van der Waals surface area contributed by atoms with E-state index in [2.05, 4.69) is 57.0 Å². The first kappa shape index (κ1) is 13.8. The average molecular weight is 283 g/mol. The summed E-state index contributed by atoms with van der Waals surface area (Å²) in [4.78, 5) is 4.47. The molecule has 1 aliphatic rings. The smallest absolute Gasteiger partial charge is 0.244 e. The van der Waals surface area contributed by atoms with Crippen LogP contribution in [0.15, 0.2) is 30.5 Å². The van der Waals surface area contributed by atoms with Gasteiger partial charge in [0, 0.05) is 12.6 Å². The lowest BCUT2D eigenvalue weighted by Gasteiger charge is -2.12. The molecule has 1 aromatic carbocycles. The summed E-state index contributed by atoms with van der Waals surface area (Å²) < 4.78 is 0. The highest BCUT2D eigenvalue weighted by molar-refractivity contribution is 5.38. The lowest BCUT2D eigenvalue weighted by Crippen LogP contribution is -2.17. The first-order chi connectivity index (χ1) is 10.3. The first-order valence-corrected chi connectivity index (χ1v) is 7.55. The van der Waals surface area contributed by atoms with E-state index in [1.54, 1.807) is 6.20 Å². The Balaban J connectivity index is 1.58. The zero-order valence-electron chi connectivity index (χ0n) is 12.3. The van der Waals surface area contributed by atoms with Gasteiger partial charge < -0.3 is 10.6 Å². The molecule has 3 rings (SSSR count). The summed E-state index contributed by atoms with van der Waals surface area (Å²) in [5, 5.41) is 14.7. The van der Waals surface area contributed by atoms with Crippen LogP contribution in [0.25, 0.3) is 0 Å². The van der Waals surface area contributed by atoms with E-state index in [-0.39, 0.29) is 0 Å². The molecule has 0 unspecified atom stereocenters. The average Bonchev–Trinajstić information content (AvgIpc) is 3.00. The van der Waals surface area contributed by atoms with E-state index >= 15 is 0 Å². The third-order valence-electron chi connectivity index (χ3n) is 3.84. The highest BCUT2D eigenvalue weighted by Gasteiger charge is 2.15. The summed E-state index contributed by atoms with van der Waals surface area (Å²) >= 11 is 0. The van der Waals surface area contributed by atoms with Crippen molar-refractivity contribution in [2.75, 3.05) is 10.6 Å². The fourth-order valence-electron chi connectivity index (χ4n) is 2.60. The van der Waals surface area contributed by atoms with Crippen molar-refractivity contribution in [2.24, 2.45) is 0 Å². The number of nitrogens with one attached hydrogen (secondary N) is 2. The van der Waals surface area contributed by atoms with Crippen molar-refractivity contribution in [1.29, 1.82) is 0 Å². The van der Waals surface area contributed by atoms with Crippen LogP contribution in [-0.2, 0) is 6.54 Å². The molecular formula is C16H21N5. The van der Waals surface area contributed by atoms with Crippen molar-refractivity contribution in [3.05, 3.63) is 41.6 Å². The van der Waals surface area contributed by atoms with Crippen LogP contribution in [0, 0.1) is 6.92 Å². The van der Waals surface area contributed by atoms with Crippen molar-refractivity contribution in [3.63, 3.8) is 0 Å². The highest BCUT2D eigenvalue weighted by Crippen LogP contribution is 2.20. The molecule has 0 radical (unpaired) electrons. The second-order valence-corrected chi connectivity index (χ2v) is 5.63.